The lowest BCUT2D eigenvalue weighted by Gasteiger charge is -2.46. The van der Waals surface area contributed by atoms with Gasteiger partial charge in [-0.05, 0) is 30.7 Å². The second kappa shape index (κ2) is 9.66. The number of aliphatic hydroxyl groups is 1. The molecule has 9 heteroatoms. The van der Waals surface area contributed by atoms with Crippen LogP contribution in [-0.2, 0) is 16.0 Å². The molecule has 0 saturated heterocycles. The van der Waals surface area contributed by atoms with Gasteiger partial charge in [-0.15, -0.1) is 0 Å². The number of aliphatic hydroxyl groups excluding tert-OH is 1. The van der Waals surface area contributed by atoms with Crippen LogP contribution in [0.2, 0.25) is 0 Å². The van der Waals surface area contributed by atoms with E-state index in [1.54, 1.807) is 25.1 Å². The molecule has 0 aliphatic carbocycles. The first-order valence-corrected chi connectivity index (χ1v) is 9.75. The van der Waals surface area contributed by atoms with Crippen LogP contribution in [0, 0.1) is 11.5 Å². The number of nitrogens with zero attached hydrogens (tertiary/aromatic N) is 2. The van der Waals surface area contributed by atoms with E-state index in [0.717, 1.165) is 5.56 Å². The maximum atomic E-state index is 11.3. The maximum Gasteiger partial charge on any atom is 0.205 e. The number of anilines is 1. The highest BCUT2D eigenvalue weighted by atomic mass is 16.7. The van der Waals surface area contributed by atoms with E-state index in [9.17, 15) is 10.4 Å². The number of aliphatic imine (C=N–C) groups is 1. The molecule has 0 unspecified atom stereocenters. The van der Waals surface area contributed by atoms with E-state index >= 15 is 0 Å². The van der Waals surface area contributed by atoms with Crippen molar-refractivity contribution in [3.05, 3.63) is 59.7 Å². The number of benzene rings is 2. The molecule has 1 aliphatic rings. The van der Waals surface area contributed by atoms with Gasteiger partial charge in [-0.2, -0.15) is 5.26 Å². The van der Waals surface area contributed by atoms with Crippen LogP contribution < -0.4 is 21.1 Å². The van der Waals surface area contributed by atoms with Crippen molar-refractivity contribution in [1.82, 2.24) is 10.6 Å². The molecule has 0 radical (unpaired) electrons. The zero-order valence-electron chi connectivity index (χ0n) is 17.7. The second-order valence-corrected chi connectivity index (χ2v) is 7.34. The van der Waals surface area contributed by atoms with Crippen molar-refractivity contribution in [3.63, 3.8) is 0 Å². The SMILES string of the molecule is COC(OC)[C@@]1(C)Oc2ccc(N)cc2[C@H](NC(=NCc2ccccc2)NC#N)[C@H]1O. The summed E-state index contributed by atoms with van der Waals surface area (Å²) in [7, 11) is 2.95. The van der Waals surface area contributed by atoms with E-state index < -0.39 is 24.0 Å². The lowest BCUT2D eigenvalue weighted by atomic mass is 9.84. The molecule has 1 aliphatic heterocycles. The molecule has 9 nitrogen and oxygen atoms in total. The fraction of sp³-hybridized carbons (Fsp3) is 0.364. The summed E-state index contributed by atoms with van der Waals surface area (Å²) >= 11 is 0. The Hall–Kier alpha value is -3.32. The van der Waals surface area contributed by atoms with Gasteiger partial charge in [0.05, 0.1) is 12.6 Å². The van der Waals surface area contributed by atoms with Gasteiger partial charge in [-0.25, -0.2) is 4.99 Å². The molecule has 0 spiro atoms. The minimum atomic E-state index is -1.25. The Kier molecular flexibility index (Phi) is 6.97. The Morgan fingerprint density at radius 1 is 1.29 bits per heavy atom. The quantitative estimate of drug-likeness (QED) is 0.137. The van der Waals surface area contributed by atoms with Gasteiger partial charge in [-0.1, -0.05) is 30.3 Å². The third-order valence-electron chi connectivity index (χ3n) is 5.23. The molecular weight excluding hydrogens is 398 g/mol. The first-order valence-electron chi connectivity index (χ1n) is 9.75. The Balaban J connectivity index is 1.97. The molecular formula is C22H27N5O4. The van der Waals surface area contributed by atoms with Crippen LogP contribution in [0.15, 0.2) is 53.5 Å². The first-order chi connectivity index (χ1) is 14.9. The summed E-state index contributed by atoms with van der Waals surface area (Å²) < 4.78 is 16.9. The molecule has 2 aromatic carbocycles. The fourth-order valence-electron chi connectivity index (χ4n) is 3.68. The second-order valence-electron chi connectivity index (χ2n) is 7.34. The van der Waals surface area contributed by atoms with Crippen LogP contribution in [0.4, 0.5) is 5.69 Å². The molecule has 1 heterocycles. The van der Waals surface area contributed by atoms with E-state index in [-0.39, 0.29) is 5.96 Å². The molecule has 0 fully saturated rings. The summed E-state index contributed by atoms with van der Waals surface area (Å²) in [6.07, 6.45) is -0.106. The highest BCUT2D eigenvalue weighted by molar-refractivity contribution is 5.82. The van der Waals surface area contributed by atoms with Gasteiger partial charge in [0.1, 0.15) is 11.9 Å². The predicted molar refractivity (Wildman–Crippen MR) is 116 cm³/mol. The number of nitrogen functional groups attached to an aromatic ring is 1. The highest BCUT2D eigenvalue weighted by Crippen LogP contribution is 2.43. The number of fused-ring (bicyclic) bond motifs is 1. The smallest absolute Gasteiger partial charge is 0.205 e. The number of guanidine groups is 1. The number of ether oxygens (including phenoxy) is 3. The Labute approximate surface area is 181 Å². The van der Waals surface area contributed by atoms with Crippen molar-refractivity contribution in [3.8, 4) is 11.9 Å². The van der Waals surface area contributed by atoms with Gasteiger partial charge in [0.2, 0.25) is 5.96 Å². The number of nitriles is 1. The van der Waals surface area contributed by atoms with E-state index in [1.807, 2.05) is 36.5 Å². The first kappa shape index (κ1) is 22.4. The number of hydrogen-bond acceptors (Lipinski definition) is 7. The van der Waals surface area contributed by atoms with Gasteiger partial charge in [0, 0.05) is 25.5 Å². The van der Waals surface area contributed by atoms with Gasteiger partial charge in [0.15, 0.2) is 18.1 Å². The standard InChI is InChI=1S/C22H27N5O4/c1-22(20(29-2)30-3)19(28)18(16-11-15(24)9-10-17(16)31-22)27-21(26-13-23)25-12-14-7-5-4-6-8-14/h4-11,18-20,28H,12,24H2,1-3H3,(H2,25,26,27)/t18-,19+,22-/m0/s1. The minimum absolute atomic E-state index is 0.208. The summed E-state index contributed by atoms with van der Waals surface area (Å²) in [6, 6.07) is 14.1. The predicted octanol–water partition coefficient (Wildman–Crippen LogP) is 1.66. The Morgan fingerprint density at radius 3 is 2.65 bits per heavy atom. The van der Waals surface area contributed by atoms with E-state index in [1.165, 1.54) is 14.2 Å². The van der Waals surface area contributed by atoms with Crippen LogP contribution in [0.25, 0.3) is 0 Å². The van der Waals surface area contributed by atoms with Crippen molar-refractivity contribution in [2.45, 2.75) is 37.5 Å². The van der Waals surface area contributed by atoms with Gasteiger partial charge in [0.25, 0.3) is 0 Å². The van der Waals surface area contributed by atoms with E-state index in [0.29, 0.717) is 23.5 Å². The molecule has 31 heavy (non-hydrogen) atoms. The molecule has 2 aromatic rings. The lowest BCUT2D eigenvalue weighted by Crippen LogP contribution is -2.62. The number of rotatable bonds is 6. The molecule has 3 atom stereocenters. The summed E-state index contributed by atoms with van der Waals surface area (Å²) in [4.78, 5) is 4.47. The fourth-order valence-corrected chi connectivity index (χ4v) is 3.68. The van der Waals surface area contributed by atoms with Crippen molar-refractivity contribution in [2.24, 2.45) is 4.99 Å². The number of nitrogens with two attached hydrogens (primary N) is 1. The molecule has 5 N–H and O–H groups in total. The van der Waals surface area contributed by atoms with Gasteiger partial charge < -0.3 is 30.4 Å². The third kappa shape index (κ3) is 4.72. The maximum absolute atomic E-state index is 11.3. The number of methoxy groups -OCH3 is 2. The van der Waals surface area contributed by atoms with Crippen molar-refractivity contribution < 1.29 is 19.3 Å². The van der Waals surface area contributed by atoms with Gasteiger partial charge >= 0.3 is 0 Å². The highest BCUT2D eigenvalue weighted by Gasteiger charge is 2.52. The molecule has 0 aromatic heterocycles. The van der Waals surface area contributed by atoms with Crippen molar-refractivity contribution in [1.29, 1.82) is 5.26 Å². The average Bonchev–Trinajstić information content (AvgIpc) is 2.77. The topological polar surface area (TPSA) is 134 Å². The van der Waals surface area contributed by atoms with Crippen LogP contribution in [0.1, 0.15) is 24.1 Å². The zero-order valence-corrected chi connectivity index (χ0v) is 17.7. The zero-order chi connectivity index (χ0) is 22.4. The molecule has 3 rings (SSSR count). The third-order valence-corrected chi connectivity index (χ3v) is 5.23. The van der Waals surface area contributed by atoms with Crippen LogP contribution in [-0.4, -0.2) is 43.3 Å². The van der Waals surface area contributed by atoms with Crippen LogP contribution in [0.5, 0.6) is 5.75 Å². The summed E-state index contributed by atoms with van der Waals surface area (Å²) in [6.45, 7) is 2.04. The molecule has 0 bridgehead atoms. The monoisotopic (exact) mass is 425 g/mol. The van der Waals surface area contributed by atoms with E-state index in [4.69, 9.17) is 19.9 Å². The summed E-state index contributed by atoms with van der Waals surface area (Å²) in [5, 5.41) is 26.2. The van der Waals surface area contributed by atoms with Crippen molar-refractivity contribution in [2.75, 3.05) is 20.0 Å². The normalized spacial score (nSPS) is 22.9. The molecule has 0 amide bonds. The minimum Gasteiger partial charge on any atom is -0.479 e. The summed E-state index contributed by atoms with van der Waals surface area (Å²) in [5.41, 5.74) is 6.84. The van der Waals surface area contributed by atoms with Crippen molar-refractivity contribution >= 4 is 11.6 Å². The number of hydrogen-bond donors (Lipinski definition) is 4. The van der Waals surface area contributed by atoms with E-state index in [2.05, 4.69) is 15.6 Å². The number of nitrogens with one attached hydrogen (secondary N) is 2. The molecule has 164 valence electrons. The average molecular weight is 425 g/mol. The van der Waals surface area contributed by atoms with Crippen LogP contribution in [0.3, 0.4) is 0 Å². The van der Waals surface area contributed by atoms with Crippen LogP contribution >= 0.6 is 0 Å². The molecule has 0 saturated carbocycles. The Bertz CT molecular complexity index is 958. The van der Waals surface area contributed by atoms with Gasteiger partial charge in [-0.3, -0.25) is 5.32 Å². The largest absolute Gasteiger partial charge is 0.479 e. The summed E-state index contributed by atoms with van der Waals surface area (Å²) in [5.74, 6) is 0.720. The Morgan fingerprint density at radius 2 is 2.00 bits per heavy atom. The lowest BCUT2D eigenvalue weighted by molar-refractivity contribution is -0.238.